The van der Waals surface area contributed by atoms with E-state index in [0.717, 1.165) is 19.5 Å². The van der Waals surface area contributed by atoms with E-state index in [2.05, 4.69) is 0 Å². The first-order valence-corrected chi connectivity index (χ1v) is 5.54. The lowest BCUT2D eigenvalue weighted by atomic mass is 9.68. The molecule has 1 aliphatic heterocycles. The average Bonchev–Trinajstić information content (AvgIpc) is 2.20. The lowest BCUT2D eigenvalue weighted by molar-refractivity contribution is -0.120. The van der Waals surface area contributed by atoms with Gasteiger partial charge in [0, 0.05) is 13.1 Å². The van der Waals surface area contributed by atoms with Crippen LogP contribution in [0.5, 0.6) is 0 Å². The summed E-state index contributed by atoms with van der Waals surface area (Å²) >= 11 is 0. The van der Waals surface area contributed by atoms with E-state index in [9.17, 15) is 4.79 Å². The van der Waals surface area contributed by atoms with Crippen molar-refractivity contribution in [2.24, 2.45) is 5.41 Å². The summed E-state index contributed by atoms with van der Waals surface area (Å²) in [4.78, 5) is 12.5. The maximum Gasteiger partial charge on any atom is 0.209 e. The molecule has 2 nitrogen and oxygen atoms in total. The highest BCUT2D eigenvalue weighted by Gasteiger charge is 2.34. The van der Waals surface area contributed by atoms with Gasteiger partial charge in [0.25, 0.3) is 0 Å². The first-order valence-electron chi connectivity index (χ1n) is 5.54. The third kappa shape index (κ3) is 1.87. The first kappa shape index (κ1) is 9.04. The maximum atomic E-state index is 10.6. The van der Waals surface area contributed by atoms with Gasteiger partial charge in [-0.25, -0.2) is 0 Å². The van der Waals surface area contributed by atoms with Gasteiger partial charge in [-0.3, -0.25) is 4.79 Å². The Bertz CT molecular complexity index is 175. The molecule has 0 aromatic rings. The molecule has 0 bridgehead atoms. The van der Waals surface area contributed by atoms with Crippen LogP contribution in [-0.2, 0) is 4.79 Å². The van der Waals surface area contributed by atoms with Crippen LogP contribution in [-0.4, -0.2) is 24.4 Å². The van der Waals surface area contributed by atoms with E-state index in [1.165, 1.54) is 44.9 Å². The molecule has 1 aliphatic carbocycles. The summed E-state index contributed by atoms with van der Waals surface area (Å²) in [5, 5.41) is 0. The number of nitrogens with zero attached hydrogens (tertiary/aromatic N) is 1. The zero-order valence-electron chi connectivity index (χ0n) is 8.30. The Balaban J connectivity index is 1.91. The van der Waals surface area contributed by atoms with Crippen LogP contribution in [0.1, 0.15) is 44.9 Å². The molecule has 13 heavy (non-hydrogen) atoms. The van der Waals surface area contributed by atoms with Crippen LogP contribution in [0.15, 0.2) is 0 Å². The molecule has 0 N–H and O–H groups in total. The number of rotatable bonds is 1. The molecule has 2 heteroatoms. The summed E-state index contributed by atoms with van der Waals surface area (Å²) in [6, 6.07) is 0. The lowest BCUT2D eigenvalue weighted by Crippen LogP contribution is -2.40. The molecule has 0 unspecified atom stereocenters. The van der Waals surface area contributed by atoms with Gasteiger partial charge in [0.2, 0.25) is 6.41 Å². The van der Waals surface area contributed by atoms with Crippen molar-refractivity contribution in [1.82, 2.24) is 4.90 Å². The fourth-order valence-corrected chi connectivity index (χ4v) is 2.91. The number of carbonyl (C=O) groups is 1. The van der Waals surface area contributed by atoms with Crippen LogP contribution in [0.25, 0.3) is 0 Å². The lowest BCUT2D eigenvalue weighted by Gasteiger charge is -2.43. The van der Waals surface area contributed by atoms with Crippen LogP contribution < -0.4 is 0 Å². The Labute approximate surface area is 80.3 Å². The Morgan fingerprint density at radius 2 is 1.54 bits per heavy atom. The average molecular weight is 181 g/mol. The number of carbonyl (C=O) groups excluding carboxylic acids is 1. The SMILES string of the molecule is O=CN1CCC2(CCCCC2)CC1. The largest absolute Gasteiger partial charge is 0.345 e. The monoisotopic (exact) mass is 181 g/mol. The van der Waals surface area contributed by atoms with Gasteiger partial charge in [-0.2, -0.15) is 0 Å². The molecule has 1 amide bonds. The van der Waals surface area contributed by atoms with Crippen LogP contribution >= 0.6 is 0 Å². The standard InChI is InChI=1S/C11H19NO/c13-10-12-8-6-11(7-9-12)4-2-1-3-5-11/h10H,1-9H2. The van der Waals surface area contributed by atoms with Gasteiger partial charge in [0.05, 0.1) is 0 Å². The minimum Gasteiger partial charge on any atom is -0.345 e. The highest BCUT2D eigenvalue weighted by Crippen LogP contribution is 2.44. The van der Waals surface area contributed by atoms with Gasteiger partial charge in [-0.15, -0.1) is 0 Å². The van der Waals surface area contributed by atoms with E-state index in [-0.39, 0.29) is 0 Å². The Morgan fingerprint density at radius 3 is 2.08 bits per heavy atom. The van der Waals surface area contributed by atoms with Gasteiger partial charge >= 0.3 is 0 Å². The Morgan fingerprint density at radius 1 is 0.923 bits per heavy atom. The van der Waals surface area contributed by atoms with Crippen LogP contribution in [0.2, 0.25) is 0 Å². The molecule has 2 fully saturated rings. The highest BCUT2D eigenvalue weighted by molar-refractivity contribution is 5.47. The van der Waals surface area contributed by atoms with Crippen molar-refractivity contribution in [3.8, 4) is 0 Å². The minimum absolute atomic E-state index is 0.637. The van der Waals surface area contributed by atoms with Crippen molar-refractivity contribution < 1.29 is 4.79 Å². The normalized spacial score (nSPS) is 27.5. The third-order valence-corrected chi connectivity index (χ3v) is 3.92. The van der Waals surface area contributed by atoms with E-state index in [0.29, 0.717) is 5.41 Å². The van der Waals surface area contributed by atoms with Crippen molar-refractivity contribution >= 4 is 6.41 Å². The van der Waals surface area contributed by atoms with Crippen molar-refractivity contribution in [3.63, 3.8) is 0 Å². The van der Waals surface area contributed by atoms with Crippen LogP contribution in [0.4, 0.5) is 0 Å². The smallest absolute Gasteiger partial charge is 0.209 e. The maximum absolute atomic E-state index is 10.6. The van der Waals surface area contributed by atoms with Crippen molar-refractivity contribution in [2.45, 2.75) is 44.9 Å². The van der Waals surface area contributed by atoms with Crippen molar-refractivity contribution in [1.29, 1.82) is 0 Å². The second kappa shape index (κ2) is 3.69. The summed E-state index contributed by atoms with van der Waals surface area (Å²) in [6.07, 6.45) is 10.6. The molecule has 2 rings (SSSR count). The quantitative estimate of drug-likeness (QED) is 0.568. The van der Waals surface area contributed by atoms with Gasteiger partial charge in [0.15, 0.2) is 0 Å². The molecular weight excluding hydrogens is 162 g/mol. The second-order valence-electron chi connectivity index (χ2n) is 4.70. The van der Waals surface area contributed by atoms with E-state index < -0.39 is 0 Å². The fourth-order valence-electron chi connectivity index (χ4n) is 2.91. The fraction of sp³-hybridized carbons (Fsp3) is 0.909. The van der Waals surface area contributed by atoms with E-state index in [1.807, 2.05) is 4.90 Å². The van der Waals surface area contributed by atoms with Gasteiger partial charge in [-0.1, -0.05) is 19.3 Å². The van der Waals surface area contributed by atoms with Crippen molar-refractivity contribution in [2.75, 3.05) is 13.1 Å². The molecule has 0 aromatic carbocycles. The number of amides is 1. The third-order valence-electron chi connectivity index (χ3n) is 3.92. The van der Waals surface area contributed by atoms with E-state index in [4.69, 9.17) is 0 Å². The summed E-state index contributed by atoms with van der Waals surface area (Å²) in [7, 11) is 0. The molecular formula is C11H19NO. The van der Waals surface area contributed by atoms with E-state index >= 15 is 0 Å². The molecule has 1 saturated carbocycles. The number of hydrogen-bond donors (Lipinski definition) is 0. The second-order valence-corrected chi connectivity index (χ2v) is 4.70. The predicted octanol–water partition coefficient (Wildman–Crippen LogP) is 2.19. The highest BCUT2D eigenvalue weighted by atomic mass is 16.1. The summed E-state index contributed by atoms with van der Waals surface area (Å²) in [5.74, 6) is 0. The summed E-state index contributed by atoms with van der Waals surface area (Å²) in [5.41, 5.74) is 0.637. The molecule has 2 aliphatic rings. The topological polar surface area (TPSA) is 20.3 Å². The number of hydrogen-bond acceptors (Lipinski definition) is 1. The van der Waals surface area contributed by atoms with E-state index in [1.54, 1.807) is 0 Å². The van der Waals surface area contributed by atoms with Gasteiger partial charge in [-0.05, 0) is 31.1 Å². The molecule has 0 atom stereocenters. The molecule has 1 saturated heterocycles. The van der Waals surface area contributed by atoms with Crippen LogP contribution in [0, 0.1) is 5.41 Å². The predicted molar refractivity (Wildman–Crippen MR) is 52.4 cm³/mol. The van der Waals surface area contributed by atoms with Crippen LogP contribution in [0.3, 0.4) is 0 Å². The molecule has 1 spiro atoms. The first-order chi connectivity index (χ1) is 6.35. The Hall–Kier alpha value is -0.530. The Kier molecular flexibility index (Phi) is 2.56. The minimum atomic E-state index is 0.637. The van der Waals surface area contributed by atoms with Gasteiger partial charge in [0.1, 0.15) is 0 Å². The van der Waals surface area contributed by atoms with Gasteiger partial charge < -0.3 is 4.90 Å². The molecule has 0 aromatic heterocycles. The summed E-state index contributed by atoms with van der Waals surface area (Å²) in [6.45, 7) is 2.01. The molecule has 0 radical (unpaired) electrons. The summed E-state index contributed by atoms with van der Waals surface area (Å²) < 4.78 is 0. The zero-order valence-corrected chi connectivity index (χ0v) is 8.30. The number of piperidine rings is 1. The van der Waals surface area contributed by atoms with Crippen molar-refractivity contribution in [3.05, 3.63) is 0 Å². The zero-order chi connectivity index (χ0) is 9.15. The number of likely N-dealkylation sites (tertiary alicyclic amines) is 1. The molecule has 1 heterocycles. The molecule has 74 valence electrons.